The number of aromatic nitrogens is 4. The SMILES string of the molecule is O=S1(=O)CCC(CNc2nnnn2-c2ccccc2)C1. The minimum atomic E-state index is -2.85. The highest BCUT2D eigenvalue weighted by molar-refractivity contribution is 7.91. The highest BCUT2D eigenvalue weighted by Gasteiger charge is 2.27. The molecular formula is C12H15N5O2S. The molecule has 1 saturated heterocycles. The predicted octanol–water partition coefficient (Wildman–Crippen LogP) is 0.509. The third-order valence-corrected chi connectivity index (χ3v) is 5.18. The van der Waals surface area contributed by atoms with Gasteiger partial charge in [0.1, 0.15) is 0 Å². The molecule has 2 heterocycles. The molecule has 1 unspecified atom stereocenters. The molecule has 106 valence electrons. The summed E-state index contributed by atoms with van der Waals surface area (Å²) in [5.74, 6) is 1.18. The Labute approximate surface area is 116 Å². The average Bonchev–Trinajstić information content (AvgIpc) is 3.03. The van der Waals surface area contributed by atoms with Crippen LogP contribution in [0, 0.1) is 5.92 Å². The maximum atomic E-state index is 11.4. The Hall–Kier alpha value is -1.96. The van der Waals surface area contributed by atoms with Crippen LogP contribution in [0.15, 0.2) is 30.3 Å². The van der Waals surface area contributed by atoms with E-state index in [1.54, 1.807) is 4.68 Å². The smallest absolute Gasteiger partial charge is 0.247 e. The third-order valence-electron chi connectivity index (χ3n) is 3.35. The number of hydrogen-bond donors (Lipinski definition) is 1. The van der Waals surface area contributed by atoms with E-state index >= 15 is 0 Å². The van der Waals surface area contributed by atoms with Gasteiger partial charge in [-0.2, -0.15) is 4.68 Å². The number of sulfone groups is 1. The van der Waals surface area contributed by atoms with E-state index in [0.29, 0.717) is 18.9 Å². The van der Waals surface area contributed by atoms with Crippen molar-refractivity contribution in [3.05, 3.63) is 30.3 Å². The van der Waals surface area contributed by atoms with Crippen molar-refractivity contribution in [2.24, 2.45) is 5.92 Å². The molecule has 1 atom stereocenters. The summed E-state index contributed by atoms with van der Waals surface area (Å²) in [6.07, 6.45) is 0.697. The molecule has 0 amide bonds. The molecular weight excluding hydrogens is 278 g/mol. The van der Waals surface area contributed by atoms with Crippen molar-refractivity contribution in [3.63, 3.8) is 0 Å². The Balaban J connectivity index is 1.69. The predicted molar refractivity (Wildman–Crippen MR) is 74.4 cm³/mol. The topological polar surface area (TPSA) is 89.8 Å². The molecule has 1 N–H and O–H groups in total. The molecule has 1 fully saturated rings. The molecule has 8 heteroatoms. The second-order valence-electron chi connectivity index (χ2n) is 4.90. The largest absolute Gasteiger partial charge is 0.352 e. The number of para-hydroxylation sites is 1. The van der Waals surface area contributed by atoms with Gasteiger partial charge in [-0.05, 0) is 34.9 Å². The number of anilines is 1. The van der Waals surface area contributed by atoms with E-state index in [9.17, 15) is 8.42 Å². The zero-order valence-corrected chi connectivity index (χ0v) is 11.6. The second-order valence-corrected chi connectivity index (χ2v) is 7.13. The van der Waals surface area contributed by atoms with Crippen molar-refractivity contribution >= 4 is 15.8 Å². The first-order valence-electron chi connectivity index (χ1n) is 6.42. The van der Waals surface area contributed by atoms with Crippen LogP contribution in [0.4, 0.5) is 5.95 Å². The van der Waals surface area contributed by atoms with Gasteiger partial charge in [-0.3, -0.25) is 0 Å². The van der Waals surface area contributed by atoms with Gasteiger partial charge in [-0.25, -0.2) is 8.42 Å². The fourth-order valence-electron chi connectivity index (χ4n) is 2.31. The van der Waals surface area contributed by atoms with Gasteiger partial charge < -0.3 is 5.32 Å². The zero-order valence-electron chi connectivity index (χ0n) is 10.8. The van der Waals surface area contributed by atoms with Crippen LogP contribution in [-0.2, 0) is 9.84 Å². The Morgan fingerprint density at radius 3 is 2.80 bits per heavy atom. The molecule has 1 aliphatic heterocycles. The van der Waals surface area contributed by atoms with Gasteiger partial charge in [0.15, 0.2) is 9.84 Å². The summed E-state index contributed by atoms with van der Waals surface area (Å²) in [5, 5.41) is 14.7. The molecule has 1 aromatic carbocycles. The molecule has 0 radical (unpaired) electrons. The Kier molecular flexibility index (Phi) is 3.39. The van der Waals surface area contributed by atoms with Crippen LogP contribution in [0.25, 0.3) is 5.69 Å². The molecule has 0 aliphatic carbocycles. The summed E-state index contributed by atoms with van der Waals surface area (Å²) >= 11 is 0. The zero-order chi connectivity index (χ0) is 14.0. The van der Waals surface area contributed by atoms with E-state index in [0.717, 1.165) is 5.69 Å². The summed E-state index contributed by atoms with van der Waals surface area (Å²) in [7, 11) is -2.85. The van der Waals surface area contributed by atoms with Crippen molar-refractivity contribution in [2.45, 2.75) is 6.42 Å². The number of nitrogens with one attached hydrogen (secondary N) is 1. The van der Waals surface area contributed by atoms with E-state index in [1.807, 2.05) is 30.3 Å². The maximum Gasteiger partial charge on any atom is 0.247 e. The van der Waals surface area contributed by atoms with Crippen LogP contribution >= 0.6 is 0 Å². The Morgan fingerprint density at radius 1 is 1.30 bits per heavy atom. The van der Waals surface area contributed by atoms with Gasteiger partial charge >= 0.3 is 0 Å². The Bertz CT molecular complexity index is 683. The highest BCUT2D eigenvalue weighted by Crippen LogP contribution is 2.19. The van der Waals surface area contributed by atoms with E-state index in [4.69, 9.17) is 0 Å². The number of nitrogens with zero attached hydrogens (tertiary/aromatic N) is 4. The van der Waals surface area contributed by atoms with Crippen molar-refractivity contribution in [1.82, 2.24) is 20.2 Å². The average molecular weight is 293 g/mol. The van der Waals surface area contributed by atoms with Crippen LogP contribution < -0.4 is 5.32 Å². The molecule has 0 bridgehead atoms. The van der Waals surface area contributed by atoms with E-state index in [-0.39, 0.29) is 17.4 Å². The Morgan fingerprint density at radius 2 is 2.10 bits per heavy atom. The van der Waals surface area contributed by atoms with Crippen LogP contribution in [0.1, 0.15) is 6.42 Å². The summed E-state index contributed by atoms with van der Waals surface area (Å²) < 4.78 is 24.4. The van der Waals surface area contributed by atoms with Crippen molar-refractivity contribution in [2.75, 3.05) is 23.4 Å². The lowest BCUT2D eigenvalue weighted by atomic mass is 10.1. The first kappa shape index (κ1) is 13.0. The monoisotopic (exact) mass is 293 g/mol. The maximum absolute atomic E-state index is 11.4. The molecule has 1 aliphatic rings. The first-order valence-corrected chi connectivity index (χ1v) is 8.24. The minimum absolute atomic E-state index is 0.126. The van der Waals surface area contributed by atoms with E-state index in [1.165, 1.54) is 0 Å². The molecule has 0 saturated carbocycles. The lowest BCUT2D eigenvalue weighted by Gasteiger charge is -2.10. The summed E-state index contributed by atoms with van der Waals surface area (Å²) in [5.41, 5.74) is 0.860. The molecule has 3 rings (SSSR count). The summed E-state index contributed by atoms with van der Waals surface area (Å²) in [6.45, 7) is 0.562. The van der Waals surface area contributed by atoms with Crippen LogP contribution in [0.3, 0.4) is 0 Å². The van der Waals surface area contributed by atoms with Crippen molar-refractivity contribution < 1.29 is 8.42 Å². The van der Waals surface area contributed by atoms with Gasteiger partial charge in [0.2, 0.25) is 5.95 Å². The van der Waals surface area contributed by atoms with Gasteiger partial charge in [-0.1, -0.05) is 23.3 Å². The number of rotatable bonds is 4. The molecule has 1 aromatic heterocycles. The number of tetrazole rings is 1. The van der Waals surface area contributed by atoms with Gasteiger partial charge in [0, 0.05) is 6.54 Å². The molecule has 7 nitrogen and oxygen atoms in total. The van der Waals surface area contributed by atoms with Gasteiger partial charge in [0.25, 0.3) is 0 Å². The van der Waals surface area contributed by atoms with E-state index in [2.05, 4.69) is 20.8 Å². The summed E-state index contributed by atoms with van der Waals surface area (Å²) in [6, 6.07) is 9.54. The van der Waals surface area contributed by atoms with Crippen LogP contribution in [0.2, 0.25) is 0 Å². The van der Waals surface area contributed by atoms with Gasteiger partial charge in [-0.15, -0.1) is 0 Å². The van der Waals surface area contributed by atoms with Crippen molar-refractivity contribution in [1.29, 1.82) is 0 Å². The molecule has 20 heavy (non-hydrogen) atoms. The third kappa shape index (κ3) is 2.79. The number of hydrogen-bond acceptors (Lipinski definition) is 6. The molecule has 0 spiro atoms. The van der Waals surface area contributed by atoms with Crippen LogP contribution in [-0.4, -0.2) is 46.7 Å². The first-order chi connectivity index (χ1) is 9.64. The second kappa shape index (κ2) is 5.20. The molecule has 2 aromatic rings. The highest BCUT2D eigenvalue weighted by atomic mass is 32.2. The quantitative estimate of drug-likeness (QED) is 0.883. The fourth-order valence-corrected chi connectivity index (χ4v) is 4.17. The van der Waals surface area contributed by atoms with E-state index < -0.39 is 9.84 Å². The van der Waals surface area contributed by atoms with Gasteiger partial charge in [0.05, 0.1) is 17.2 Å². The fraction of sp³-hybridized carbons (Fsp3) is 0.417. The van der Waals surface area contributed by atoms with Crippen LogP contribution in [0.5, 0.6) is 0 Å². The lowest BCUT2D eigenvalue weighted by Crippen LogP contribution is -2.18. The number of benzene rings is 1. The minimum Gasteiger partial charge on any atom is -0.352 e. The standard InChI is InChI=1S/C12H15N5O2S/c18-20(19)7-6-10(9-20)8-13-12-14-15-16-17(12)11-4-2-1-3-5-11/h1-5,10H,6-9H2,(H,13,14,16). The van der Waals surface area contributed by atoms with Crippen molar-refractivity contribution in [3.8, 4) is 5.69 Å². The lowest BCUT2D eigenvalue weighted by molar-refractivity contribution is 0.595. The summed E-state index contributed by atoms with van der Waals surface area (Å²) in [4.78, 5) is 0. The normalized spacial score (nSPS) is 20.9.